The van der Waals surface area contributed by atoms with Crippen LogP contribution in [0.1, 0.15) is 0 Å². The third kappa shape index (κ3) is 2.22. The highest BCUT2D eigenvalue weighted by Gasteiger charge is 2.08. The fraction of sp³-hybridized carbons (Fsp3) is 0.0833. The summed E-state index contributed by atoms with van der Waals surface area (Å²) in [5.41, 5.74) is 0.704. The number of nitrogens with zero attached hydrogens (tertiary/aromatic N) is 3. The lowest BCUT2D eigenvalue weighted by Crippen LogP contribution is -2.14. The molecule has 1 N–H and O–H groups in total. The summed E-state index contributed by atoms with van der Waals surface area (Å²) in [7, 11) is 0. The Labute approximate surface area is 110 Å². The summed E-state index contributed by atoms with van der Waals surface area (Å²) in [6.45, 7) is -2.87. The highest BCUT2D eigenvalue weighted by molar-refractivity contribution is 5.61. The van der Waals surface area contributed by atoms with E-state index in [0.717, 1.165) is 0 Å². The van der Waals surface area contributed by atoms with Crippen LogP contribution in [0.15, 0.2) is 41.5 Å². The van der Waals surface area contributed by atoms with Gasteiger partial charge in [-0.05, 0) is 24.3 Å². The highest BCUT2D eigenvalue weighted by atomic mass is 19.3. The van der Waals surface area contributed by atoms with E-state index in [9.17, 15) is 13.6 Å². The lowest BCUT2D eigenvalue weighted by molar-refractivity contribution is -0.0498. The van der Waals surface area contributed by atoms with E-state index in [-0.39, 0.29) is 17.1 Å². The molecule has 0 aliphatic heterocycles. The minimum atomic E-state index is -2.87. The first-order chi connectivity index (χ1) is 9.63. The van der Waals surface area contributed by atoms with E-state index in [2.05, 4.69) is 19.8 Å². The van der Waals surface area contributed by atoms with Crippen LogP contribution < -0.4 is 10.3 Å². The number of rotatable bonds is 3. The minimum absolute atomic E-state index is 0.0429. The lowest BCUT2D eigenvalue weighted by atomic mass is 10.1. The molecular weight excluding hydrogens is 270 g/mol. The third-order valence-corrected chi connectivity index (χ3v) is 2.64. The van der Waals surface area contributed by atoms with Crippen LogP contribution in [-0.2, 0) is 0 Å². The molecule has 0 aliphatic carbocycles. The van der Waals surface area contributed by atoms with Crippen molar-refractivity contribution in [3.8, 4) is 17.0 Å². The lowest BCUT2D eigenvalue weighted by Gasteiger charge is -2.05. The van der Waals surface area contributed by atoms with E-state index in [1.54, 1.807) is 12.1 Å². The first-order valence-corrected chi connectivity index (χ1v) is 5.62. The molecule has 0 saturated heterocycles. The molecular formula is C12H8F2N4O2. The number of alkyl halides is 2. The number of hydrogen-bond acceptors (Lipinski definition) is 4. The number of fused-ring (bicyclic) bond motifs is 1. The van der Waals surface area contributed by atoms with Crippen molar-refractivity contribution in [2.24, 2.45) is 0 Å². The number of halogens is 2. The molecule has 102 valence electrons. The van der Waals surface area contributed by atoms with Crippen LogP contribution >= 0.6 is 0 Å². The number of aromatic amines is 1. The van der Waals surface area contributed by atoms with E-state index >= 15 is 0 Å². The summed E-state index contributed by atoms with van der Waals surface area (Å²) < 4.78 is 29.5. The molecule has 0 unspecified atom stereocenters. The van der Waals surface area contributed by atoms with E-state index in [4.69, 9.17) is 0 Å². The fourth-order valence-corrected chi connectivity index (χ4v) is 1.78. The molecule has 0 spiro atoms. The van der Waals surface area contributed by atoms with Gasteiger partial charge in [0.05, 0.1) is 5.69 Å². The average Bonchev–Trinajstić information content (AvgIpc) is 2.87. The van der Waals surface area contributed by atoms with Crippen molar-refractivity contribution >= 4 is 5.78 Å². The number of aromatic nitrogens is 4. The van der Waals surface area contributed by atoms with Crippen molar-refractivity contribution in [3.63, 3.8) is 0 Å². The molecule has 0 amide bonds. The number of hydrogen-bond donors (Lipinski definition) is 1. The molecule has 3 rings (SSSR count). The van der Waals surface area contributed by atoms with E-state index in [1.807, 2.05) is 0 Å². The van der Waals surface area contributed by atoms with Crippen LogP contribution in [0, 0.1) is 0 Å². The Balaban J connectivity index is 2.00. The van der Waals surface area contributed by atoms with Gasteiger partial charge in [0.1, 0.15) is 12.1 Å². The summed E-state index contributed by atoms with van der Waals surface area (Å²) in [5.74, 6) is 0.279. The molecule has 0 saturated carbocycles. The van der Waals surface area contributed by atoms with Crippen LogP contribution in [0.25, 0.3) is 17.0 Å². The number of H-pyrrole nitrogens is 1. The van der Waals surface area contributed by atoms with Crippen molar-refractivity contribution in [1.82, 2.24) is 19.6 Å². The molecule has 3 aromatic rings. The van der Waals surface area contributed by atoms with Crippen molar-refractivity contribution in [1.29, 1.82) is 0 Å². The second-order valence-corrected chi connectivity index (χ2v) is 3.91. The second kappa shape index (κ2) is 4.72. The zero-order chi connectivity index (χ0) is 14.1. The van der Waals surface area contributed by atoms with Crippen LogP contribution in [0.2, 0.25) is 0 Å². The van der Waals surface area contributed by atoms with Crippen molar-refractivity contribution in [2.75, 3.05) is 0 Å². The Bertz CT molecular complexity index is 795. The Morgan fingerprint density at radius 2 is 2.00 bits per heavy atom. The summed E-state index contributed by atoms with van der Waals surface area (Å²) in [4.78, 5) is 19.9. The van der Waals surface area contributed by atoms with Crippen LogP contribution in [0.4, 0.5) is 8.78 Å². The normalized spacial score (nSPS) is 11.2. The van der Waals surface area contributed by atoms with E-state index < -0.39 is 6.61 Å². The van der Waals surface area contributed by atoms with Gasteiger partial charge in [-0.25, -0.2) is 9.97 Å². The van der Waals surface area contributed by atoms with Gasteiger partial charge in [0, 0.05) is 11.6 Å². The van der Waals surface area contributed by atoms with Crippen LogP contribution in [0.3, 0.4) is 0 Å². The van der Waals surface area contributed by atoms with Gasteiger partial charge < -0.3 is 4.74 Å². The molecule has 0 bridgehead atoms. The number of benzene rings is 1. The number of nitrogens with one attached hydrogen (secondary N) is 1. The molecule has 2 heterocycles. The predicted octanol–water partition coefficient (Wildman–Crippen LogP) is 1.69. The quantitative estimate of drug-likeness (QED) is 0.791. The molecule has 6 nitrogen and oxygen atoms in total. The van der Waals surface area contributed by atoms with Gasteiger partial charge in [0.2, 0.25) is 0 Å². The summed E-state index contributed by atoms with van der Waals surface area (Å²) >= 11 is 0. The maximum Gasteiger partial charge on any atom is 0.387 e. The fourth-order valence-electron chi connectivity index (χ4n) is 1.78. The molecule has 0 aliphatic rings. The topological polar surface area (TPSA) is 72.3 Å². The maximum atomic E-state index is 12.0. The van der Waals surface area contributed by atoms with Crippen molar-refractivity contribution in [2.45, 2.75) is 6.61 Å². The first kappa shape index (κ1) is 12.3. The SMILES string of the molecule is O=c1cc(-c2ccc(OC(F)F)cc2)nc2nc[nH]n12. The Hall–Kier alpha value is -2.77. The zero-order valence-corrected chi connectivity index (χ0v) is 9.96. The predicted molar refractivity (Wildman–Crippen MR) is 65.7 cm³/mol. The second-order valence-electron chi connectivity index (χ2n) is 3.91. The molecule has 0 radical (unpaired) electrons. The van der Waals surface area contributed by atoms with Crippen LogP contribution in [-0.4, -0.2) is 26.2 Å². The first-order valence-electron chi connectivity index (χ1n) is 5.62. The van der Waals surface area contributed by atoms with Gasteiger partial charge in [-0.3, -0.25) is 9.89 Å². The van der Waals surface area contributed by atoms with Crippen LogP contribution in [0.5, 0.6) is 5.75 Å². The molecule has 0 atom stereocenters. The molecule has 0 fully saturated rings. The Kier molecular flexibility index (Phi) is 2.90. The Morgan fingerprint density at radius 3 is 2.70 bits per heavy atom. The van der Waals surface area contributed by atoms with Gasteiger partial charge in [0.15, 0.2) is 0 Å². The standard InChI is InChI=1S/C12H8F2N4O2/c13-11(14)20-8-3-1-7(2-4-8)9-5-10(19)18-12(17-9)15-6-16-18/h1-6,11H,(H,15,16,17). The highest BCUT2D eigenvalue weighted by Crippen LogP contribution is 2.21. The smallest absolute Gasteiger partial charge is 0.387 e. The van der Waals surface area contributed by atoms with Gasteiger partial charge in [-0.15, -0.1) is 0 Å². The minimum Gasteiger partial charge on any atom is -0.435 e. The molecule has 2 aromatic heterocycles. The third-order valence-electron chi connectivity index (χ3n) is 2.64. The van der Waals surface area contributed by atoms with E-state index in [0.29, 0.717) is 11.3 Å². The van der Waals surface area contributed by atoms with Crippen molar-refractivity contribution in [3.05, 3.63) is 47.0 Å². The van der Waals surface area contributed by atoms with Crippen molar-refractivity contribution < 1.29 is 13.5 Å². The van der Waals surface area contributed by atoms with E-state index in [1.165, 1.54) is 29.0 Å². The number of ether oxygens (including phenoxy) is 1. The van der Waals surface area contributed by atoms with Gasteiger partial charge >= 0.3 is 6.61 Å². The summed E-state index contributed by atoms with van der Waals surface area (Å²) in [5, 5.41) is 2.62. The maximum absolute atomic E-state index is 12.0. The largest absolute Gasteiger partial charge is 0.435 e. The Morgan fingerprint density at radius 1 is 1.25 bits per heavy atom. The zero-order valence-electron chi connectivity index (χ0n) is 9.96. The van der Waals surface area contributed by atoms with Gasteiger partial charge in [-0.1, -0.05) is 0 Å². The summed E-state index contributed by atoms with van der Waals surface area (Å²) in [6.07, 6.45) is 1.35. The monoisotopic (exact) mass is 278 g/mol. The van der Waals surface area contributed by atoms with Gasteiger partial charge in [0.25, 0.3) is 11.3 Å². The average molecular weight is 278 g/mol. The molecule has 8 heteroatoms. The van der Waals surface area contributed by atoms with Gasteiger partial charge in [-0.2, -0.15) is 13.3 Å². The molecule has 20 heavy (non-hydrogen) atoms. The molecule has 1 aromatic carbocycles. The summed E-state index contributed by atoms with van der Waals surface area (Å²) in [6, 6.07) is 7.19.